The third-order valence-electron chi connectivity index (χ3n) is 6.32. The molecule has 0 saturated heterocycles. The molecule has 37 heavy (non-hydrogen) atoms. The Hall–Kier alpha value is -2.97. The molecule has 0 unspecified atom stereocenters. The van der Waals surface area contributed by atoms with Crippen molar-refractivity contribution in [2.75, 3.05) is 13.1 Å². The summed E-state index contributed by atoms with van der Waals surface area (Å²) in [5, 5.41) is 4.56. The van der Waals surface area contributed by atoms with Gasteiger partial charge in [-0.25, -0.2) is 14.2 Å². The molecule has 0 saturated carbocycles. The van der Waals surface area contributed by atoms with Gasteiger partial charge in [0, 0.05) is 49.9 Å². The summed E-state index contributed by atoms with van der Waals surface area (Å²) in [5.41, 5.74) is 3.86. The lowest BCUT2D eigenvalue weighted by molar-refractivity contribution is 0.240. The first kappa shape index (κ1) is 25.7. The second-order valence-electron chi connectivity index (χ2n) is 8.75. The maximum Gasteiger partial charge on any atom is 0.326 e. The molecule has 0 spiro atoms. The molecular formula is C27H21Cl3F2N4O. The number of fused-ring (bicyclic) bond motifs is 3. The minimum absolute atomic E-state index is 0.0906. The van der Waals surface area contributed by atoms with E-state index in [1.807, 2.05) is 12.2 Å². The first-order valence-corrected chi connectivity index (χ1v) is 12.7. The lowest BCUT2D eigenvalue weighted by atomic mass is 10.0. The summed E-state index contributed by atoms with van der Waals surface area (Å²) in [6.07, 6.45) is 5.81. The molecule has 2 aromatic heterocycles. The summed E-state index contributed by atoms with van der Waals surface area (Å²) in [7, 11) is 0. The predicted molar refractivity (Wildman–Crippen MR) is 143 cm³/mol. The van der Waals surface area contributed by atoms with Gasteiger partial charge in [-0.3, -0.25) is 9.47 Å². The normalized spacial score (nSPS) is 13.9. The van der Waals surface area contributed by atoms with Crippen molar-refractivity contribution < 1.29 is 13.6 Å². The van der Waals surface area contributed by atoms with Crippen molar-refractivity contribution in [2.45, 2.75) is 19.5 Å². The quantitative estimate of drug-likeness (QED) is 0.264. The summed E-state index contributed by atoms with van der Waals surface area (Å²) in [6, 6.07) is 10.8. The van der Waals surface area contributed by atoms with Crippen LogP contribution in [0.15, 0.2) is 54.7 Å². The number of benzene rings is 2. The molecule has 0 bridgehead atoms. The molecule has 1 amide bonds. The van der Waals surface area contributed by atoms with Crippen LogP contribution in [0.4, 0.5) is 13.6 Å². The van der Waals surface area contributed by atoms with Crippen LogP contribution in [-0.4, -0.2) is 33.6 Å². The van der Waals surface area contributed by atoms with E-state index in [0.717, 1.165) is 22.2 Å². The summed E-state index contributed by atoms with van der Waals surface area (Å²) in [5.74, 6) is -1.06. The zero-order valence-electron chi connectivity index (χ0n) is 19.4. The molecule has 1 N–H and O–H groups in total. The number of hydrogen-bond donors (Lipinski definition) is 1. The highest BCUT2D eigenvalue weighted by Gasteiger charge is 2.27. The maximum atomic E-state index is 13.7. The second kappa shape index (κ2) is 10.8. The molecule has 0 aliphatic carbocycles. The molecule has 5 nitrogen and oxygen atoms in total. The highest BCUT2D eigenvalue weighted by molar-refractivity contribution is 6.42. The zero-order valence-corrected chi connectivity index (χ0v) is 21.7. The summed E-state index contributed by atoms with van der Waals surface area (Å²) in [6.45, 7) is 2.10. The van der Waals surface area contributed by atoms with E-state index < -0.39 is 11.8 Å². The summed E-state index contributed by atoms with van der Waals surface area (Å²) in [4.78, 5) is 19.1. The van der Waals surface area contributed by atoms with Crippen LogP contribution >= 0.6 is 34.8 Å². The average molecular weight is 562 g/mol. The number of nitrogens with zero attached hydrogens (tertiary/aromatic N) is 3. The van der Waals surface area contributed by atoms with Gasteiger partial charge in [-0.05, 0) is 53.1 Å². The van der Waals surface area contributed by atoms with Crippen molar-refractivity contribution in [1.29, 1.82) is 0 Å². The van der Waals surface area contributed by atoms with Crippen molar-refractivity contribution >= 4 is 57.8 Å². The Balaban J connectivity index is 1.39. The van der Waals surface area contributed by atoms with E-state index in [0.29, 0.717) is 47.2 Å². The maximum absolute atomic E-state index is 13.7. The molecule has 190 valence electrons. The number of aromatic nitrogens is 2. The van der Waals surface area contributed by atoms with E-state index in [4.69, 9.17) is 34.8 Å². The monoisotopic (exact) mass is 560 g/mol. The van der Waals surface area contributed by atoms with Gasteiger partial charge < -0.3 is 5.32 Å². The topological polar surface area (TPSA) is 50.2 Å². The van der Waals surface area contributed by atoms with E-state index in [2.05, 4.69) is 15.2 Å². The van der Waals surface area contributed by atoms with Crippen LogP contribution in [0.2, 0.25) is 15.1 Å². The van der Waals surface area contributed by atoms with Gasteiger partial charge in [0.1, 0.15) is 5.82 Å². The average Bonchev–Trinajstić information content (AvgIpc) is 3.17. The number of hydrogen-bond acceptors (Lipinski definition) is 3. The Kier molecular flexibility index (Phi) is 7.49. The molecule has 3 heterocycles. The van der Waals surface area contributed by atoms with Crippen molar-refractivity contribution in [1.82, 2.24) is 19.8 Å². The lowest BCUT2D eigenvalue weighted by Gasteiger charge is -2.27. The fourth-order valence-electron chi connectivity index (χ4n) is 4.56. The van der Waals surface area contributed by atoms with Gasteiger partial charge in [0.2, 0.25) is 5.95 Å². The lowest BCUT2D eigenvalue weighted by Crippen LogP contribution is -2.34. The van der Waals surface area contributed by atoms with Gasteiger partial charge in [-0.15, -0.1) is 0 Å². The van der Waals surface area contributed by atoms with Crippen LogP contribution in [-0.2, 0) is 19.5 Å². The number of carbonyl (C=O) groups is 1. The van der Waals surface area contributed by atoms with Gasteiger partial charge in [-0.2, -0.15) is 4.39 Å². The van der Waals surface area contributed by atoms with Crippen LogP contribution in [0.1, 0.15) is 22.4 Å². The summed E-state index contributed by atoms with van der Waals surface area (Å²) >= 11 is 18.4. The third kappa shape index (κ3) is 5.50. The minimum atomic E-state index is -0.604. The Bertz CT molecular complexity index is 1540. The number of pyridine rings is 1. The predicted octanol–water partition coefficient (Wildman–Crippen LogP) is 7.10. The van der Waals surface area contributed by atoms with Gasteiger partial charge >= 0.3 is 6.03 Å². The zero-order chi connectivity index (χ0) is 26.1. The minimum Gasteiger partial charge on any atom is -0.333 e. The number of halogens is 5. The number of rotatable bonds is 5. The molecule has 0 atom stereocenters. The molecule has 5 rings (SSSR count). The van der Waals surface area contributed by atoms with Crippen molar-refractivity contribution in [2.24, 2.45) is 0 Å². The van der Waals surface area contributed by atoms with Gasteiger partial charge in [-0.1, -0.05) is 53.0 Å². The molecule has 0 radical (unpaired) electrons. The molecule has 1 aliphatic rings. The molecule has 10 heteroatoms. The number of carbonyl (C=O) groups excluding carboxylic acids is 1. The molecule has 2 aromatic carbocycles. The second-order valence-corrected chi connectivity index (χ2v) is 9.97. The molecule has 4 aromatic rings. The van der Waals surface area contributed by atoms with Crippen LogP contribution in [0, 0.1) is 11.8 Å². The molecule has 1 aliphatic heterocycles. The highest BCUT2D eigenvalue weighted by atomic mass is 35.5. The number of nitrogens with one attached hydrogen (secondary N) is 1. The fourth-order valence-corrected chi connectivity index (χ4v) is 4.99. The first-order valence-electron chi connectivity index (χ1n) is 11.5. The fraction of sp³-hybridized carbons (Fsp3) is 0.185. The van der Waals surface area contributed by atoms with E-state index >= 15 is 0 Å². The van der Waals surface area contributed by atoms with Crippen molar-refractivity contribution in [3.8, 4) is 0 Å². The van der Waals surface area contributed by atoms with Crippen LogP contribution in [0.3, 0.4) is 0 Å². The highest BCUT2D eigenvalue weighted by Crippen LogP contribution is 2.36. The Labute approximate surface area is 227 Å². The van der Waals surface area contributed by atoms with E-state index in [9.17, 15) is 13.6 Å². The van der Waals surface area contributed by atoms with Gasteiger partial charge in [0.15, 0.2) is 0 Å². The smallest absolute Gasteiger partial charge is 0.326 e. The first-order chi connectivity index (χ1) is 17.8. The van der Waals surface area contributed by atoms with Crippen molar-refractivity contribution in [3.63, 3.8) is 0 Å². The van der Waals surface area contributed by atoms with E-state index in [-0.39, 0.29) is 17.6 Å². The van der Waals surface area contributed by atoms with E-state index in [1.165, 1.54) is 24.4 Å². The Morgan fingerprint density at radius 2 is 1.86 bits per heavy atom. The Morgan fingerprint density at radius 1 is 1.05 bits per heavy atom. The van der Waals surface area contributed by atoms with Crippen molar-refractivity contribution in [3.05, 3.63) is 104 Å². The Morgan fingerprint density at radius 3 is 2.65 bits per heavy atom. The van der Waals surface area contributed by atoms with Crippen LogP contribution in [0.5, 0.6) is 0 Å². The number of amides is 1. The SMILES string of the molecule is O=C(NCc1ccnc(F)c1)n1c2c(c3cc(Cl)c(Cl)cc31)CN(C/C=C/c1ccc(Cl)c(F)c1)CC2. The van der Waals surface area contributed by atoms with Crippen LogP contribution < -0.4 is 5.32 Å². The van der Waals surface area contributed by atoms with Gasteiger partial charge in [0.25, 0.3) is 0 Å². The standard InChI is InChI=1S/C27H21Cl3F2N4O/c28-20-4-3-16(10-23(20)31)2-1-8-35-9-6-24-19(15-35)18-12-21(29)22(30)13-25(18)36(24)27(37)34-14-17-5-7-33-26(32)11-17/h1-5,7,10-13H,6,8-9,14-15H2,(H,34,37)/b2-1+. The third-order valence-corrected chi connectivity index (χ3v) is 7.35. The van der Waals surface area contributed by atoms with Gasteiger partial charge in [0.05, 0.1) is 20.6 Å². The largest absolute Gasteiger partial charge is 0.333 e. The van der Waals surface area contributed by atoms with Crippen LogP contribution in [0.25, 0.3) is 17.0 Å². The molecule has 0 fully saturated rings. The molecular weight excluding hydrogens is 541 g/mol. The summed E-state index contributed by atoms with van der Waals surface area (Å²) < 4.78 is 28.8. The van der Waals surface area contributed by atoms with E-state index in [1.54, 1.807) is 28.8 Å².